The minimum atomic E-state index is -4.10. The van der Waals surface area contributed by atoms with Crippen molar-refractivity contribution in [1.29, 1.82) is 5.41 Å². The van der Waals surface area contributed by atoms with Gasteiger partial charge in [0.2, 0.25) is 0 Å². The van der Waals surface area contributed by atoms with Gasteiger partial charge >= 0.3 is 0 Å². The number of anilines is 1. The Morgan fingerprint density at radius 1 is 1.00 bits per heavy atom. The quantitative estimate of drug-likeness (QED) is 0.223. The second-order valence-electron chi connectivity index (χ2n) is 8.94. The molecule has 10 heteroatoms. The zero-order valence-corrected chi connectivity index (χ0v) is 21.4. The Morgan fingerprint density at radius 2 is 1.65 bits per heavy atom. The van der Waals surface area contributed by atoms with Crippen LogP contribution in [0.3, 0.4) is 0 Å². The van der Waals surface area contributed by atoms with Crippen LogP contribution in [0.4, 0.5) is 5.69 Å². The van der Waals surface area contributed by atoms with E-state index in [9.17, 15) is 13.2 Å². The van der Waals surface area contributed by atoms with Crippen LogP contribution in [0.1, 0.15) is 34.6 Å². The highest BCUT2D eigenvalue weighted by atomic mass is 32.2. The first kappa shape index (κ1) is 24.7. The van der Waals surface area contributed by atoms with Gasteiger partial charge in [-0.25, -0.2) is 4.68 Å². The molecule has 1 aliphatic rings. The van der Waals surface area contributed by atoms with Gasteiger partial charge in [-0.2, -0.15) is 13.5 Å². The monoisotopic (exact) mass is 517 g/mol. The second-order valence-corrected chi connectivity index (χ2v) is 10.6. The van der Waals surface area contributed by atoms with Crippen molar-refractivity contribution >= 4 is 38.3 Å². The van der Waals surface area contributed by atoms with E-state index in [2.05, 4.69) is 10.4 Å². The van der Waals surface area contributed by atoms with E-state index in [1.54, 1.807) is 31.2 Å². The van der Waals surface area contributed by atoms with Gasteiger partial charge < -0.3 is 10.2 Å². The highest BCUT2D eigenvalue weighted by Gasteiger charge is 2.25. The van der Waals surface area contributed by atoms with Crippen LogP contribution in [0.5, 0.6) is 0 Å². The molecule has 1 aliphatic heterocycles. The van der Waals surface area contributed by atoms with Crippen molar-refractivity contribution in [2.45, 2.75) is 24.7 Å². The number of nitrogens with one attached hydrogen (secondary N) is 2. The third kappa shape index (κ3) is 4.85. The molecule has 4 aromatic rings. The lowest BCUT2D eigenvalue weighted by Crippen LogP contribution is -2.27. The molecule has 9 nitrogen and oxygen atoms in total. The summed E-state index contributed by atoms with van der Waals surface area (Å²) in [6.07, 6.45) is 2.18. The fraction of sp³-hybridized carbons (Fsp3) is 0.222. The van der Waals surface area contributed by atoms with Gasteiger partial charge in [0.25, 0.3) is 16.0 Å². The summed E-state index contributed by atoms with van der Waals surface area (Å²) >= 11 is 0. The van der Waals surface area contributed by atoms with Crippen molar-refractivity contribution in [3.8, 4) is 5.69 Å². The maximum absolute atomic E-state index is 13.3. The molecular formula is C27H27N5O4S. The number of rotatable bonds is 6. The number of aryl methyl sites for hydroxylation is 1. The van der Waals surface area contributed by atoms with Gasteiger partial charge in [0.15, 0.2) is 0 Å². The molecule has 1 fully saturated rings. The number of amides is 1. The lowest BCUT2D eigenvalue weighted by atomic mass is 10.1. The normalized spacial score (nSPS) is 13.7. The van der Waals surface area contributed by atoms with Crippen LogP contribution in [-0.4, -0.2) is 55.0 Å². The molecule has 0 aliphatic carbocycles. The molecule has 2 N–H and O–H groups in total. The summed E-state index contributed by atoms with van der Waals surface area (Å²) in [5.41, 5.74) is 2.28. The smallest absolute Gasteiger partial charge is 0.298 e. The maximum Gasteiger partial charge on any atom is 0.298 e. The predicted octanol–water partition coefficient (Wildman–Crippen LogP) is 4.34. The van der Waals surface area contributed by atoms with E-state index in [1.165, 1.54) is 10.7 Å². The fourth-order valence-corrected chi connectivity index (χ4v) is 5.39. The highest BCUT2D eigenvalue weighted by molar-refractivity contribution is 7.86. The minimum absolute atomic E-state index is 0.0874. The average Bonchev–Trinajstić information content (AvgIpc) is 3.58. The van der Waals surface area contributed by atoms with E-state index < -0.39 is 16.0 Å². The Labute approximate surface area is 215 Å². The first-order chi connectivity index (χ1) is 17.8. The van der Waals surface area contributed by atoms with Crippen LogP contribution >= 0.6 is 0 Å². The molecule has 0 radical (unpaired) electrons. The van der Waals surface area contributed by atoms with E-state index >= 15 is 0 Å². The molecule has 0 spiro atoms. The Bertz CT molecular complexity index is 1600. The van der Waals surface area contributed by atoms with Crippen LogP contribution in [0, 0.1) is 12.3 Å². The van der Waals surface area contributed by atoms with E-state index in [-0.39, 0.29) is 16.3 Å². The van der Waals surface area contributed by atoms with E-state index in [1.807, 2.05) is 41.3 Å². The van der Waals surface area contributed by atoms with Gasteiger partial charge in [0, 0.05) is 24.3 Å². The molecule has 1 amide bonds. The first-order valence-corrected chi connectivity index (χ1v) is 13.3. The summed E-state index contributed by atoms with van der Waals surface area (Å²) in [4.78, 5) is 15.3. The van der Waals surface area contributed by atoms with Crippen molar-refractivity contribution < 1.29 is 17.4 Å². The number of hydrogen-bond donors (Lipinski definition) is 2. The Balaban J connectivity index is 1.49. The van der Waals surface area contributed by atoms with E-state index in [0.29, 0.717) is 17.2 Å². The summed E-state index contributed by atoms with van der Waals surface area (Å²) in [6, 6.07) is 19.3. The molecule has 0 unspecified atom stereocenters. The highest BCUT2D eigenvalue weighted by Crippen LogP contribution is 2.29. The van der Waals surface area contributed by atoms with E-state index in [4.69, 9.17) is 9.59 Å². The third-order valence-electron chi connectivity index (χ3n) is 6.45. The minimum Gasteiger partial charge on any atom is -0.357 e. The molecule has 0 atom stereocenters. The number of amidine groups is 1. The maximum atomic E-state index is 13.3. The number of carbonyl (C=O) groups is 1. The first-order valence-electron chi connectivity index (χ1n) is 11.9. The van der Waals surface area contributed by atoms with Gasteiger partial charge in [-0.3, -0.25) is 14.4 Å². The number of benzene rings is 3. The van der Waals surface area contributed by atoms with Gasteiger partial charge in [0.05, 0.1) is 18.5 Å². The van der Waals surface area contributed by atoms with Crippen LogP contribution in [0.2, 0.25) is 0 Å². The number of fused-ring (bicyclic) bond motifs is 1. The molecule has 3 aromatic carbocycles. The standard InChI is InChI=1S/C27H27N5O4S/c1-18-15-24(27(33)29-22-11-9-19(10-12-22)26(28)31-13-5-6-14-31)32(30-18)23-16-20-7-3-4-8-21(20)17-25(23)37(34,35)36-2/h3-4,7-12,15-17,28H,5-6,13-14H2,1-2H3,(H,29,33). The van der Waals surface area contributed by atoms with E-state index in [0.717, 1.165) is 49.4 Å². The van der Waals surface area contributed by atoms with Crippen LogP contribution < -0.4 is 5.32 Å². The zero-order valence-electron chi connectivity index (χ0n) is 20.6. The van der Waals surface area contributed by atoms with Crippen molar-refractivity contribution in [2.24, 2.45) is 0 Å². The van der Waals surface area contributed by atoms with Gasteiger partial charge in [-0.15, -0.1) is 0 Å². The molecule has 1 saturated heterocycles. The van der Waals surface area contributed by atoms with Crippen LogP contribution in [0.15, 0.2) is 71.6 Å². The Morgan fingerprint density at radius 3 is 2.30 bits per heavy atom. The van der Waals surface area contributed by atoms with Gasteiger partial charge in [-0.05, 0) is 73.0 Å². The summed E-state index contributed by atoms with van der Waals surface area (Å²) in [7, 11) is -3.00. The van der Waals surface area contributed by atoms with Crippen molar-refractivity contribution in [2.75, 3.05) is 25.5 Å². The molecule has 0 bridgehead atoms. The van der Waals surface area contributed by atoms with Crippen molar-refractivity contribution in [1.82, 2.24) is 14.7 Å². The molecule has 1 aromatic heterocycles. The Kier molecular flexibility index (Phi) is 6.53. The summed E-state index contributed by atoms with van der Waals surface area (Å²) in [5, 5.41) is 17.2. The number of carbonyl (C=O) groups excluding carboxylic acids is 1. The number of hydrogen-bond acceptors (Lipinski definition) is 6. The lowest BCUT2D eigenvalue weighted by Gasteiger charge is -2.18. The van der Waals surface area contributed by atoms with Gasteiger partial charge in [0.1, 0.15) is 16.4 Å². The fourth-order valence-electron chi connectivity index (χ4n) is 4.54. The SMILES string of the molecule is COS(=O)(=O)c1cc2ccccc2cc1-n1nc(C)cc1C(=O)Nc1ccc(C(=N)N2CCCC2)cc1. The Hall–Kier alpha value is -4.02. The summed E-state index contributed by atoms with van der Waals surface area (Å²) in [6.45, 7) is 3.50. The zero-order chi connectivity index (χ0) is 26.2. The lowest BCUT2D eigenvalue weighted by molar-refractivity contribution is 0.101. The molecule has 5 rings (SSSR count). The van der Waals surface area contributed by atoms with Gasteiger partial charge in [-0.1, -0.05) is 24.3 Å². The number of likely N-dealkylation sites (tertiary alicyclic amines) is 1. The van der Waals surface area contributed by atoms with Crippen molar-refractivity contribution in [3.05, 3.63) is 83.7 Å². The topological polar surface area (TPSA) is 117 Å². The largest absolute Gasteiger partial charge is 0.357 e. The molecule has 0 saturated carbocycles. The predicted molar refractivity (Wildman–Crippen MR) is 142 cm³/mol. The summed E-state index contributed by atoms with van der Waals surface area (Å²) in [5.74, 6) is 0.0316. The van der Waals surface area contributed by atoms with Crippen LogP contribution in [-0.2, 0) is 14.3 Å². The van der Waals surface area contributed by atoms with Crippen LogP contribution in [0.25, 0.3) is 16.5 Å². The summed E-state index contributed by atoms with van der Waals surface area (Å²) < 4.78 is 31.8. The molecule has 37 heavy (non-hydrogen) atoms. The molecule has 2 heterocycles. The number of nitrogens with zero attached hydrogens (tertiary/aromatic N) is 3. The second kappa shape index (κ2) is 9.79. The molecule has 190 valence electrons. The average molecular weight is 518 g/mol. The third-order valence-corrected chi connectivity index (χ3v) is 7.75. The van der Waals surface area contributed by atoms with Crippen molar-refractivity contribution in [3.63, 3.8) is 0 Å². The number of aromatic nitrogens is 2. The molecular weight excluding hydrogens is 490 g/mol.